The lowest BCUT2D eigenvalue weighted by Gasteiger charge is -2.34. The summed E-state index contributed by atoms with van der Waals surface area (Å²) in [5.74, 6) is 0.440. The van der Waals surface area contributed by atoms with Crippen molar-refractivity contribution < 1.29 is 19.2 Å². The van der Waals surface area contributed by atoms with E-state index in [4.69, 9.17) is 9.47 Å². The van der Waals surface area contributed by atoms with Crippen molar-refractivity contribution >= 4 is 11.8 Å². The van der Waals surface area contributed by atoms with E-state index < -0.39 is 10.5 Å². The molecule has 1 atom stereocenters. The number of aromatic nitrogens is 1. The van der Waals surface area contributed by atoms with E-state index in [9.17, 15) is 14.9 Å². The first-order valence-corrected chi connectivity index (χ1v) is 8.96. The Morgan fingerprint density at radius 2 is 2.23 bits per heavy atom. The number of hydrogen-bond acceptors (Lipinski definition) is 6. The van der Waals surface area contributed by atoms with Crippen LogP contribution in [0.15, 0.2) is 18.3 Å². The highest BCUT2D eigenvalue weighted by Gasteiger charge is 2.27. The summed E-state index contributed by atoms with van der Waals surface area (Å²) < 4.78 is 10.9. The molecule has 1 aromatic rings. The summed E-state index contributed by atoms with van der Waals surface area (Å²) in [7, 11) is 0. The number of nitro groups is 1. The lowest BCUT2D eigenvalue weighted by molar-refractivity contribution is -0.386. The van der Waals surface area contributed by atoms with Crippen LogP contribution in [0.3, 0.4) is 0 Å². The SMILES string of the molecule is CC(C)(C)OC(=O)N1CCC[C@H](CCCOc2ncccc2[N+](=O)[O-])C1. The number of carbonyl (C=O) groups excluding carboxylic acids is 1. The molecule has 0 N–H and O–H groups in total. The maximum atomic E-state index is 12.2. The Hall–Kier alpha value is -2.38. The van der Waals surface area contributed by atoms with E-state index in [2.05, 4.69) is 4.98 Å². The van der Waals surface area contributed by atoms with E-state index in [1.54, 1.807) is 4.90 Å². The molecular formula is C18H27N3O5. The zero-order valence-electron chi connectivity index (χ0n) is 15.6. The molecule has 1 aliphatic rings. The van der Waals surface area contributed by atoms with Crippen molar-refractivity contribution in [1.29, 1.82) is 0 Å². The van der Waals surface area contributed by atoms with Gasteiger partial charge in [0, 0.05) is 25.4 Å². The van der Waals surface area contributed by atoms with Crippen molar-refractivity contribution in [2.24, 2.45) is 5.92 Å². The van der Waals surface area contributed by atoms with Gasteiger partial charge in [-0.3, -0.25) is 10.1 Å². The molecular weight excluding hydrogens is 338 g/mol. The van der Waals surface area contributed by atoms with Gasteiger partial charge in [-0.2, -0.15) is 0 Å². The summed E-state index contributed by atoms with van der Waals surface area (Å²) in [5.41, 5.74) is -0.615. The maximum Gasteiger partial charge on any atom is 0.410 e. The maximum absolute atomic E-state index is 12.2. The molecule has 8 nitrogen and oxygen atoms in total. The molecule has 0 spiro atoms. The van der Waals surface area contributed by atoms with E-state index in [0.29, 0.717) is 19.1 Å². The molecule has 0 radical (unpaired) electrons. The Balaban J connectivity index is 1.76. The van der Waals surface area contributed by atoms with Gasteiger partial charge < -0.3 is 14.4 Å². The Labute approximate surface area is 153 Å². The van der Waals surface area contributed by atoms with Crippen molar-refractivity contribution in [3.8, 4) is 5.88 Å². The van der Waals surface area contributed by atoms with Crippen molar-refractivity contribution in [3.63, 3.8) is 0 Å². The monoisotopic (exact) mass is 365 g/mol. The van der Waals surface area contributed by atoms with Crippen LogP contribution in [-0.2, 0) is 4.74 Å². The van der Waals surface area contributed by atoms with Crippen LogP contribution in [-0.4, -0.2) is 46.2 Å². The zero-order chi connectivity index (χ0) is 19.2. The highest BCUT2D eigenvalue weighted by Crippen LogP contribution is 2.25. The van der Waals surface area contributed by atoms with E-state index in [1.165, 1.54) is 18.3 Å². The molecule has 1 aliphatic heterocycles. The number of carbonyl (C=O) groups is 1. The number of amides is 1. The number of likely N-dealkylation sites (tertiary alicyclic amines) is 1. The van der Waals surface area contributed by atoms with E-state index in [1.807, 2.05) is 20.8 Å². The van der Waals surface area contributed by atoms with Gasteiger partial charge in [0.2, 0.25) is 0 Å². The van der Waals surface area contributed by atoms with Gasteiger partial charge in [-0.1, -0.05) is 0 Å². The van der Waals surface area contributed by atoms with Crippen LogP contribution >= 0.6 is 0 Å². The van der Waals surface area contributed by atoms with Crippen LogP contribution in [0.5, 0.6) is 5.88 Å². The second-order valence-corrected chi connectivity index (χ2v) is 7.51. The van der Waals surface area contributed by atoms with Gasteiger partial charge in [0.1, 0.15) is 5.60 Å². The highest BCUT2D eigenvalue weighted by atomic mass is 16.6. The smallest absolute Gasteiger partial charge is 0.410 e. The predicted molar refractivity (Wildman–Crippen MR) is 96.2 cm³/mol. The van der Waals surface area contributed by atoms with Crippen molar-refractivity contribution in [3.05, 3.63) is 28.4 Å². The number of rotatable bonds is 6. The van der Waals surface area contributed by atoms with Gasteiger partial charge in [0.15, 0.2) is 0 Å². The molecule has 8 heteroatoms. The third kappa shape index (κ3) is 6.16. The van der Waals surface area contributed by atoms with Crippen molar-refractivity contribution in [2.45, 2.75) is 52.1 Å². The van der Waals surface area contributed by atoms with Gasteiger partial charge in [-0.05, 0) is 58.4 Å². The van der Waals surface area contributed by atoms with Crippen LogP contribution in [0.4, 0.5) is 10.5 Å². The Kier molecular flexibility index (Phi) is 6.76. The highest BCUT2D eigenvalue weighted by molar-refractivity contribution is 5.68. The number of nitrogens with zero attached hydrogens (tertiary/aromatic N) is 3. The van der Waals surface area contributed by atoms with Crippen LogP contribution in [0.25, 0.3) is 0 Å². The minimum absolute atomic E-state index is 0.0523. The summed E-state index contributed by atoms with van der Waals surface area (Å²) in [4.78, 5) is 28.3. The number of hydrogen-bond donors (Lipinski definition) is 0. The zero-order valence-corrected chi connectivity index (χ0v) is 15.6. The van der Waals surface area contributed by atoms with Crippen LogP contribution in [0.2, 0.25) is 0 Å². The number of ether oxygens (including phenoxy) is 2. The van der Waals surface area contributed by atoms with E-state index >= 15 is 0 Å². The fourth-order valence-electron chi connectivity index (χ4n) is 2.97. The largest absolute Gasteiger partial charge is 0.473 e. The van der Waals surface area contributed by atoms with Gasteiger partial charge in [-0.15, -0.1) is 0 Å². The molecule has 0 aliphatic carbocycles. The molecule has 1 fully saturated rings. The van der Waals surface area contributed by atoms with Crippen LogP contribution < -0.4 is 4.74 Å². The van der Waals surface area contributed by atoms with Crippen molar-refractivity contribution in [1.82, 2.24) is 9.88 Å². The van der Waals surface area contributed by atoms with E-state index in [-0.39, 0.29) is 17.7 Å². The molecule has 2 heterocycles. The molecule has 0 bridgehead atoms. The molecule has 0 saturated carbocycles. The lowest BCUT2D eigenvalue weighted by atomic mass is 9.94. The quantitative estimate of drug-likeness (QED) is 0.432. The summed E-state index contributed by atoms with van der Waals surface area (Å²) in [5, 5.41) is 10.9. The molecule has 26 heavy (non-hydrogen) atoms. The molecule has 0 aromatic carbocycles. The summed E-state index contributed by atoms with van der Waals surface area (Å²) in [6.07, 6.45) is 4.87. The van der Waals surface area contributed by atoms with Gasteiger partial charge in [-0.25, -0.2) is 9.78 Å². The Bertz CT molecular complexity index is 629. The average molecular weight is 365 g/mol. The fraction of sp³-hybridized carbons (Fsp3) is 0.667. The van der Waals surface area contributed by atoms with Crippen LogP contribution in [0, 0.1) is 16.0 Å². The van der Waals surface area contributed by atoms with Gasteiger partial charge in [0.25, 0.3) is 5.88 Å². The summed E-state index contributed by atoms with van der Waals surface area (Å²) in [6.45, 7) is 7.35. The standard InChI is InChI=1S/C18H27N3O5/c1-18(2,3)26-17(22)20-11-5-7-14(13-20)8-6-12-25-16-15(21(23)24)9-4-10-19-16/h4,9-10,14H,5-8,11-13H2,1-3H3/t14-/m1/s1. The topological polar surface area (TPSA) is 94.8 Å². The third-order valence-corrected chi connectivity index (χ3v) is 4.11. The average Bonchev–Trinajstić information content (AvgIpc) is 2.58. The van der Waals surface area contributed by atoms with Crippen molar-refractivity contribution in [2.75, 3.05) is 19.7 Å². The summed E-state index contributed by atoms with van der Waals surface area (Å²) >= 11 is 0. The molecule has 0 unspecified atom stereocenters. The minimum atomic E-state index is -0.498. The first-order chi connectivity index (χ1) is 12.3. The normalized spacial score (nSPS) is 17.7. The second kappa shape index (κ2) is 8.82. The molecule has 1 aromatic heterocycles. The summed E-state index contributed by atoms with van der Waals surface area (Å²) in [6, 6.07) is 2.89. The third-order valence-electron chi connectivity index (χ3n) is 4.11. The molecule has 144 valence electrons. The molecule has 1 amide bonds. The second-order valence-electron chi connectivity index (χ2n) is 7.51. The fourth-order valence-corrected chi connectivity index (χ4v) is 2.97. The van der Waals surface area contributed by atoms with Crippen LogP contribution in [0.1, 0.15) is 46.5 Å². The molecule has 2 rings (SSSR count). The number of pyridine rings is 1. The van der Waals surface area contributed by atoms with Gasteiger partial charge >= 0.3 is 11.8 Å². The molecule has 1 saturated heterocycles. The number of piperidine rings is 1. The Morgan fingerprint density at radius 1 is 1.46 bits per heavy atom. The predicted octanol–water partition coefficient (Wildman–Crippen LogP) is 3.80. The first-order valence-electron chi connectivity index (χ1n) is 8.96. The Morgan fingerprint density at radius 3 is 2.92 bits per heavy atom. The van der Waals surface area contributed by atoms with E-state index in [0.717, 1.165) is 32.2 Å². The minimum Gasteiger partial charge on any atom is -0.473 e. The lowest BCUT2D eigenvalue weighted by Crippen LogP contribution is -2.42. The first kappa shape index (κ1) is 19.9. The van der Waals surface area contributed by atoms with Gasteiger partial charge in [0.05, 0.1) is 11.5 Å².